The molecule has 1 aliphatic carbocycles. The van der Waals surface area contributed by atoms with Gasteiger partial charge < -0.3 is 29.2 Å². The van der Waals surface area contributed by atoms with Crippen molar-refractivity contribution in [3.63, 3.8) is 0 Å². The molecule has 2 heterocycles. The molecular weight excluding hydrogens is 440 g/mol. The number of aliphatic hydroxyl groups is 1. The maximum atomic E-state index is 9.52. The SMILES string of the molecule is O=CO.O=CO.OC[C@H]1CCC[C@@H](n2ccnc2-c2ccc(OCCCn3ccnc3)cc2)C1. The van der Waals surface area contributed by atoms with Crippen LogP contribution >= 0.6 is 0 Å². The van der Waals surface area contributed by atoms with Crippen molar-refractivity contribution in [2.45, 2.75) is 44.7 Å². The van der Waals surface area contributed by atoms with E-state index in [2.05, 4.69) is 37.4 Å². The van der Waals surface area contributed by atoms with E-state index in [1.807, 2.05) is 30.9 Å². The zero-order chi connectivity index (χ0) is 24.6. The highest BCUT2D eigenvalue weighted by Crippen LogP contribution is 2.35. The average molecular weight is 473 g/mol. The Bertz CT molecular complexity index is 937. The van der Waals surface area contributed by atoms with Gasteiger partial charge in [0.15, 0.2) is 0 Å². The van der Waals surface area contributed by atoms with Crippen molar-refractivity contribution in [1.82, 2.24) is 19.1 Å². The van der Waals surface area contributed by atoms with Gasteiger partial charge in [0.1, 0.15) is 11.6 Å². The summed E-state index contributed by atoms with van der Waals surface area (Å²) in [5, 5.41) is 23.3. The van der Waals surface area contributed by atoms with E-state index in [1.165, 1.54) is 6.42 Å². The maximum absolute atomic E-state index is 9.52. The van der Waals surface area contributed by atoms with E-state index in [-0.39, 0.29) is 19.6 Å². The Labute approximate surface area is 198 Å². The van der Waals surface area contributed by atoms with E-state index in [1.54, 1.807) is 6.20 Å². The molecule has 1 saturated carbocycles. The van der Waals surface area contributed by atoms with Crippen LogP contribution in [0.25, 0.3) is 11.4 Å². The summed E-state index contributed by atoms with van der Waals surface area (Å²) in [4.78, 5) is 25.4. The van der Waals surface area contributed by atoms with Crippen LogP contribution in [0.4, 0.5) is 0 Å². The Kier molecular flexibility index (Phi) is 11.9. The lowest BCUT2D eigenvalue weighted by Crippen LogP contribution is -2.21. The Balaban J connectivity index is 0.000000618. The second-order valence-corrected chi connectivity index (χ2v) is 7.76. The van der Waals surface area contributed by atoms with Gasteiger partial charge in [-0.2, -0.15) is 0 Å². The van der Waals surface area contributed by atoms with Gasteiger partial charge in [-0.25, -0.2) is 9.97 Å². The summed E-state index contributed by atoms with van der Waals surface area (Å²) in [5.74, 6) is 2.29. The summed E-state index contributed by atoms with van der Waals surface area (Å²) in [6, 6.07) is 8.61. The van der Waals surface area contributed by atoms with Gasteiger partial charge >= 0.3 is 0 Å². The smallest absolute Gasteiger partial charge is 0.290 e. The van der Waals surface area contributed by atoms with Crippen molar-refractivity contribution in [2.75, 3.05) is 13.2 Å². The average Bonchev–Trinajstić information content (AvgIpc) is 3.56. The van der Waals surface area contributed by atoms with Crippen molar-refractivity contribution in [1.29, 1.82) is 0 Å². The highest BCUT2D eigenvalue weighted by Gasteiger charge is 2.24. The minimum Gasteiger partial charge on any atom is -0.494 e. The number of aliphatic hydroxyl groups excluding tert-OH is 1. The molecule has 1 fully saturated rings. The van der Waals surface area contributed by atoms with Crippen LogP contribution in [0.1, 0.15) is 38.1 Å². The summed E-state index contributed by atoms with van der Waals surface area (Å²) >= 11 is 0. The quantitative estimate of drug-likeness (QED) is 0.335. The van der Waals surface area contributed by atoms with Crippen molar-refractivity contribution in [2.24, 2.45) is 5.92 Å². The number of imidazole rings is 2. The molecular formula is C24H32N4O6. The number of rotatable bonds is 8. The van der Waals surface area contributed by atoms with Gasteiger partial charge in [0.2, 0.25) is 0 Å². The lowest BCUT2D eigenvalue weighted by atomic mass is 9.86. The molecule has 0 radical (unpaired) electrons. The minimum absolute atomic E-state index is 0.250. The van der Waals surface area contributed by atoms with Crippen LogP contribution < -0.4 is 4.74 Å². The summed E-state index contributed by atoms with van der Waals surface area (Å²) in [7, 11) is 0. The van der Waals surface area contributed by atoms with Gasteiger partial charge in [-0.3, -0.25) is 9.59 Å². The Morgan fingerprint density at radius 1 is 1.06 bits per heavy atom. The number of hydrogen-bond acceptors (Lipinski definition) is 6. The molecule has 0 aliphatic heterocycles. The summed E-state index contributed by atoms with van der Waals surface area (Å²) in [6.07, 6.45) is 14.9. The number of aryl methyl sites for hydroxylation is 1. The molecule has 184 valence electrons. The molecule has 10 nitrogen and oxygen atoms in total. The van der Waals surface area contributed by atoms with Crippen LogP contribution in [0.15, 0.2) is 55.4 Å². The van der Waals surface area contributed by atoms with E-state index in [0.29, 0.717) is 18.6 Å². The number of benzene rings is 1. The van der Waals surface area contributed by atoms with Gasteiger partial charge in [0.25, 0.3) is 12.9 Å². The molecule has 0 bridgehead atoms. The van der Waals surface area contributed by atoms with E-state index < -0.39 is 0 Å². The second kappa shape index (κ2) is 15.2. The van der Waals surface area contributed by atoms with E-state index in [4.69, 9.17) is 24.5 Å². The van der Waals surface area contributed by atoms with Crippen LogP contribution in [-0.4, -0.2) is 60.6 Å². The Hall–Kier alpha value is -3.66. The normalized spacial score (nSPS) is 16.9. The number of carboxylic acid groups (broad SMARTS) is 2. The number of aromatic nitrogens is 4. The van der Waals surface area contributed by atoms with Crippen LogP contribution in [0.3, 0.4) is 0 Å². The number of nitrogens with zero attached hydrogens (tertiary/aromatic N) is 4. The molecule has 0 amide bonds. The molecule has 34 heavy (non-hydrogen) atoms. The summed E-state index contributed by atoms with van der Waals surface area (Å²) < 4.78 is 10.2. The molecule has 0 spiro atoms. The van der Waals surface area contributed by atoms with Gasteiger partial charge in [-0.15, -0.1) is 0 Å². The first-order valence-electron chi connectivity index (χ1n) is 11.1. The maximum Gasteiger partial charge on any atom is 0.290 e. The minimum atomic E-state index is -0.250. The van der Waals surface area contributed by atoms with Crippen molar-refractivity contribution in [3.05, 3.63) is 55.4 Å². The molecule has 2 aromatic heterocycles. The lowest BCUT2D eigenvalue weighted by molar-refractivity contribution is -0.123. The highest BCUT2D eigenvalue weighted by atomic mass is 16.5. The van der Waals surface area contributed by atoms with Gasteiger partial charge in [0, 0.05) is 49.5 Å². The molecule has 0 unspecified atom stereocenters. The summed E-state index contributed by atoms with van der Waals surface area (Å²) in [5.41, 5.74) is 1.10. The zero-order valence-corrected chi connectivity index (χ0v) is 19.0. The Morgan fingerprint density at radius 2 is 1.79 bits per heavy atom. The van der Waals surface area contributed by atoms with Crippen LogP contribution in [0.5, 0.6) is 5.75 Å². The fourth-order valence-electron chi connectivity index (χ4n) is 4.07. The van der Waals surface area contributed by atoms with Crippen LogP contribution in [0.2, 0.25) is 0 Å². The fraction of sp³-hybridized carbons (Fsp3) is 0.417. The third kappa shape index (κ3) is 8.36. The molecule has 2 atom stereocenters. The zero-order valence-electron chi connectivity index (χ0n) is 19.0. The summed E-state index contributed by atoms with van der Waals surface area (Å²) in [6.45, 7) is 1.37. The largest absolute Gasteiger partial charge is 0.494 e. The van der Waals surface area contributed by atoms with Crippen molar-refractivity contribution < 1.29 is 29.6 Å². The first-order valence-corrected chi connectivity index (χ1v) is 11.1. The van der Waals surface area contributed by atoms with Crippen molar-refractivity contribution >= 4 is 12.9 Å². The van der Waals surface area contributed by atoms with E-state index >= 15 is 0 Å². The first-order chi connectivity index (χ1) is 16.7. The predicted octanol–water partition coefficient (Wildman–Crippen LogP) is 3.34. The van der Waals surface area contributed by atoms with Gasteiger partial charge in [-0.1, -0.05) is 6.42 Å². The van der Waals surface area contributed by atoms with Gasteiger partial charge in [0.05, 0.1) is 12.9 Å². The topological polar surface area (TPSA) is 140 Å². The fourth-order valence-corrected chi connectivity index (χ4v) is 4.07. The third-order valence-electron chi connectivity index (χ3n) is 5.58. The molecule has 3 aromatic rings. The van der Waals surface area contributed by atoms with E-state index in [9.17, 15) is 5.11 Å². The van der Waals surface area contributed by atoms with Crippen molar-refractivity contribution in [3.8, 4) is 17.1 Å². The molecule has 0 saturated heterocycles. The molecule has 1 aromatic carbocycles. The molecule has 10 heteroatoms. The lowest BCUT2D eigenvalue weighted by Gasteiger charge is -2.30. The first kappa shape index (κ1) is 26.6. The monoisotopic (exact) mass is 472 g/mol. The standard InChI is InChI=1S/C22H28N4O2.2CH2O2/c27-16-18-3-1-4-20(15-18)26-13-10-24-22(26)19-5-7-21(8-6-19)28-14-2-11-25-12-9-23-17-25;2*2-1-3/h5-10,12-13,17-18,20,27H,1-4,11,14-16H2;2*1H,(H,2,3)/t18-,20+;;/m0../s1. The van der Waals surface area contributed by atoms with Crippen LogP contribution in [0, 0.1) is 5.92 Å². The molecule has 1 aliphatic rings. The third-order valence-corrected chi connectivity index (χ3v) is 5.58. The van der Waals surface area contributed by atoms with Crippen LogP contribution in [-0.2, 0) is 16.1 Å². The Morgan fingerprint density at radius 3 is 2.44 bits per heavy atom. The number of carbonyl (C=O) groups is 2. The number of hydrogen-bond donors (Lipinski definition) is 3. The number of ether oxygens (including phenoxy) is 1. The highest BCUT2D eigenvalue weighted by molar-refractivity contribution is 5.57. The van der Waals surface area contributed by atoms with E-state index in [0.717, 1.165) is 49.4 Å². The molecule has 3 N–H and O–H groups in total. The second-order valence-electron chi connectivity index (χ2n) is 7.76. The molecule has 4 rings (SSSR count). The van der Waals surface area contributed by atoms with Gasteiger partial charge in [-0.05, 0) is 55.9 Å². The predicted molar refractivity (Wildman–Crippen MR) is 125 cm³/mol.